The van der Waals surface area contributed by atoms with Gasteiger partial charge in [-0.3, -0.25) is 4.79 Å². The number of amides is 1. The molecule has 180 valence electrons. The molecule has 0 aliphatic heterocycles. The largest absolute Gasteiger partial charge is 0.493 e. The summed E-state index contributed by atoms with van der Waals surface area (Å²) in [7, 11) is -1.47. The van der Waals surface area contributed by atoms with Gasteiger partial charge in [0.1, 0.15) is 16.5 Å². The molecule has 0 bridgehead atoms. The first-order valence-electron chi connectivity index (χ1n) is 10.6. The van der Waals surface area contributed by atoms with Gasteiger partial charge in [0, 0.05) is 24.1 Å². The molecule has 1 saturated carbocycles. The molecular weight excluding hydrogens is 454 g/mol. The molecule has 0 heterocycles. The molecule has 1 aliphatic carbocycles. The van der Waals surface area contributed by atoms with Gasteiger partial charge in [0.15, 0.2) is 11.5 Å². The number of carbonyl (C=O) groups is 1. The minimum Gasteiger partial charge on any atom is -0.493 e. The Morgan fingerprint density at radius 2 is 1.58 bits per heavy atom. The lowest BCUT2D eigenvalue weighted by Crippen LogP contribution is -2.41. The van der Waals surface area contributed by atoms with Crippen LogP contribution in [-0.4, -0.2) is 34.6 Å². The van der Waals surface area contributed by atoms with Gasteiger partial charge in [-0.15, -0.1) is 0 Å². The topological polar surface area (TPSA) is 93.7 Å². The zero-order valence-corrected chi connectivity index (χ0v) is 19.5. The number of methoxy groups -OCH3 is 2. The molecule has 0 spiro atoms. The van der Waals surface area contributed by atoms with Crippen molar-refractivity contribution >= 4 is 15.9 Å². The Bertz CT molecular complexity index is 1080. The van der Waals surface area contributed by atoms with Crippen LogP contribution in [0.25, 0.3) is 0 Å². The van der Waals surface area contributed by atoms with Gasteiger partial charge in [0.25, 0.3) is 0 Å². The van der Waals surface area contributed by atoms with E-state index < -0.39 is 26.8 Å². The number of rotatable bonds is 8. The van der Waals surface area contributed by atoms with Crippen LogP contribution >= 0.6 is 0 Å². The van der Waals surface area contributed by atoms with Gasteiger partial charge < -0.3 is 14.8 Å². The first kappa shape index (κ1) is 24.9. The van der Waals surface area contributed by atoms with Gasteiger partial charge in [-0.2, -0.15) is 0 Å². The van der Waals surface area contributed by atoms with Gasteiger partial charge in [-0.25, -0.2) is 21.9 Å². The fraction of sp³-hybridized carbons (Fsp3) is 0.435. The van der Waals surface area contributed by atoms with E-state index in [4.69, 9.17) is 9.47 Å². The van der Waals surface area contributed by atoms with Crippen LogP contribution in [0.1, 0.15) is 44.2 Å². The van der Waals surface area contributed by atoms with Crippen molar-refractivity contribution in [3.8, 4) is 11.5 Å². The highest BCUT2D eigenvalue weighted by Gasteiger charge is 2.31. The highest BCUT2D eigenvalue weighted by molar-refractivity contribution is 7.89. The molecule has 10 heteroatoms. The molecule has 2 aromatic rings. The van der Waals surface area contributed by atoms with E-state index in [1.54, 1.807) is 12.1 Å². The van der Waals surface area contributed by atoms with E-state index >= 15 is 0 Å². The van der Waals surface area contributed by atoms with Crippen LogP contribution in [0.5, 0.6) is 11.5 Å². The molecular formula is C23H28F2N2O5S. The number of hydrogen-bond donors (Lipinski definition) is 2. The number of benzene rings is 2. The van der Waals surface area contributed by atoms with E-state index in [1.165, 1.54) is 26.4 Å². The lowest BCUT2D eigenvalue weighted by atomic mass is 9.85. The normalized spacial score (nSPS) is 19.5. The molecule has 2 N–H and O–H groups in total. The van der Waals surface area contributed by atoms with E-state index in [0.717, 1.165) is 17.7 Å². The Balaban J connectivity index is 1.58. The van der Waals surface area contributed by atoms with Crippen LogP contribution in [0.4, 0.5) is 8.78 Å². The second-order valence-electron chi connectivity index (χ2n) is 8.09. The summed E-state index contributed by atoms with van der Waals surface area (Å²) in [6, 6.07) is 7.30. The summed E-state index contributed by atoms with van der Waals surface area (Å²) in [5.41, 5.74) is 0.795. The van der Waals surface area contributed by atoms with Crippen molar-refractivity contribution in [1.29, 1.82) is 0 Å². The predicted molar refractivity (Wildman–Crippen MR) is 119 cm³/mol. The van der Waals surface area contributed by atoms with Gasteiger partial charge in [-0.05, 0) is 50.3 Å². The van der Waals surface area contributed by atoms with Crippen LogP contribution in [0.2, 0.25) is 0 Å². The second-order valence-corrected chi connectivity index (χ2v) is 9.77. The zero-order chi connectivity index (χ0) is 24.2. The molecule has 0 radical (unpaired) electrons. The number of halogens is 2. The quantitative estimate of drug-likeness (QED) is 0.599. The Hall–Kier alpha value is -2.72. The van der Waals surface area contributed by atoms with Crippen molar-refractivity contribution in [3.63, 3.8) is 0 Å². The third-order valence-electron chi connectivity index (χ3n) is 5.88. The molecule has 33 heavy (non-hydrogen) atoms. The molecule has 7 nitrogen and oxygen atoms in total. The Kier molecular flexibility index (Phi) is 7.91. The third kappa shape index (κ3) is 6.00. The minimum absolute atomic E-state index is 0.0929. The number of nitrogens with one attached hydrogen (secondary N) is 2. The van der Waals surface area contributed by atoms with Crippen molar-refractivity contribution in [2.75, 3.05) is 14.2 Å². The van der Waals surface area contributed by atoms with E-state index in [2.05, 4.69) is 10.0 Å². The van der Waals surface area contributed by atoms with Crippen LogP contribution in [0.3, 0.4) is 0 Å². The average molecular weight is 483 g/mol. The monoisotopic (exact) mass is 482 g/mol. The fourth-order valence-electron chi connectivity index (χ4n) is 3.96. The van der Waals surface area contributed by atoms with Gasteiger partial charge >= 0.3 is 0 Å². The highest BCUT2D eigenvalue weighted by Crippen LogP contribution is 2.33. The summed E-state index contributed by atoms with van der Waals surface area (Å²) in [6.45, 7) is 1.82. The molecule has 1 aliphatic rings. The van der Waals surface area contributed by atoms with Crippen molar-refractivity contribution in [3.05, 3.63) is 53.6 Å². The number of ether oxygens (including phenoxy) is 2. The SMILES string of the molecule is COc1cc(F)c(S(=O)(=O)NC2CCC(C(=O)N[C@H](C)c3ccc(F)cc3)CC2)cc1OC. The maximum atomic E-state index is 14.4. The summed E-state index contributed by atoms with van der Waals surface area (Å²) >= 11 is 0. The van der Waals surface area contributed by atoms with Crippen LogP contribution < -0.4 is 19.5 Å². The second kappa shape index (κ2) is 10.5. The Labute approximate surface area is 192 Å². The van der Waals surface area contributed by atoms with Crippen molar-refractivity contribution < 1.29 is 31.5 Å². The summed E-state index contributed by atoms with van der Waals surface area (Å²) < 4.78 is 65.7. The van der Waals surface area contributed by atoms with Gasteiger partial charge in [0.2, 0.25) is 15.9 Å². The van der Waals surface area contributed by atoms with Crippen LogP contribution in [0.15, 0.2) is 41.3 Å². The molecule has 2 aromatic carbocycles. The Morgan fingerprint density at radius 1 is 1.00 bits per heavy atom. The van der Waals surface area contributed by atoms with Gasteiger partial charge in [-0.1, -0.05) is 12.1 Å². The van der Waals surface area contributed by atoms with Crippen LogP contribution in [-0.2, 0) is 14.8 Å². The van der Waals surface area contributed by atoms with E-state index in [-0.39, 0.29) is 35.2 Å². The zero-order valence-electron chi connectivity index (χ0n) is 18.7. The minimum atomic E-state index is -4.14. The van der Waals surface area contributed by atoms with Gasteiger partial charge in [0.05, 0.1) is 20.3 Å². The number of sulfonamides is 1. The van der Waals surface area contributed by atoms with E-state index in [0.29, 0.717) is 25.7 Å². The summed E-state index contributed by atoms with van der Waals surface area (Å²) in [5, 5.41) is 2.93. The predicted octanol–water partition coefficient (Wildman–Crippen LogP) is 3.70. The summed E-state index contributed by atoms with van der Waals surface area (Å²) in [4.78, 5) is 12.1. The van der Waals surface area contributed by atoms with E-state index in [1.807, 2.05) is 6.92 Å². The maximum absolute atomic E-state index is 14.4. The van der Waals surface area contributed by atoms with E-state index in [9.17, 15) is 22.0 Å². The molecule has 0 saturated heterocycles. The molecule has 1 amide bonds. The lowest BCUT2D eigenvalue weighted by Gasteiger charge is -2.29. The summed E-state index contributed by atoms with van der Waals surface area (Å²) in [5.74, 6) is -1.47. The number of carbonyl (C=O) groups excluding carboxylic acids is 1. The van der Waals surface area contributed by atoms with Crippen LogP contribution in [0, 0.1) is 17.6 Å². The van der Waals surface area contributed by atoms with Crippen molar-refractivity contribution in [2.45, 2.75) is 49.6 Å². The molecule has 1 atom stereocenters. The number of hydrogen-bond acceptors (Lipinski definition) is 5. The van der Waals surface area contributed by atoms with Crippen molar-refractivity contribution in [1.82, 2.24) is 10.0 Å². The molecule has 0 unspecified atom stereocenters. The first-order valence-corrected chi connectivity index (χ1v) is 12.1. The molecule has 3 rings (SSSR count). The maximum Gasteiger partial charge on any atom is 0.243 e. The molecule has 1 fully saturated rings. The smallest absolute Gasteiger partial charge is 0.243 e. The first-order chi connectivity index (χ1) is 15.6. The summed E-state index contributed by atoms with van der Waals surface area (Å²) in [6.07, 6.45) is 1.86. The standard InChI is InChI=1S/C23H28F2N2O5S/c1-14(15-4-8-17(24)9-5-15)26-23(28)16-6-10-18(11-7-16)27-33(29,30)22-13-21(32-3)20(31-2)12-19(22)25/h4-5,8-9,12-14,16,18,27H,6-7,10-11H2,1-3H3,(H,26,28)/t14-,16?,18?/m1/s1. The highest BCUT2D eigenvalue weighted by atomic mass is 32.2. The average Bonchev–Trinajstić information content (AvgIpc) is 2.79. The van der Waals surface area contributed by atoms with Crippen molar-refractivity contribution in [2.24, 2.45) is 5.92 Å². The lowest BCUT2D eigenvalue weighted by molar-refractivity contribution is -0.126. The Morgan fingerprint density at radius 3 is 2.15 bits per heavy atom. The molecule has 0 aromatic heterocycles. The third-order valence-corrected chi connectivity index (χ3v) is 7.41. The fourth-order valence-corrected chi connectivity index (χ4v) is 5.34.